The van der Waals surface area contributed by atoms with E-state index in [4.69, 9.17) is 0 Å². The molecule has 4 nitrogen and oxygen atoms in total. The van der Waals surface area contributed by atoms with Gasteiger partial charge in [0.05, 0.1) is 17.3 Å². The van der Waals surface area contributed by atoms with Gasteiger partial charge in [0, 0.05) is 13.2 Å². The summed E-state index contributed by atoms with van der Waals surface area (Å²) in [7, 11) is 1.70. The third-order valence-electron chi connectivity index (χ3n) is 2.85. The number of nitrogens with zero attached hydrogens (tertiary/aromatic N) is 3. The summed E-state index contributed by atoms with van der Waals surface area (Å²) >= 11 is 0. The maximum Gasteiger partial charge on any atom is 0.187 e. The number of hydrogen-bond acceptors (Lipinski definition) is 3. The number of nitriles is 1. The van der Waals surface area contributed by atoms with E-state index in [0.29, 0.717) is 16.8 Å². The molecule has 0 aliphatic carbocycles. The second kappa shape index (κ2) is 5.02. The molecule has 0 fully saturated rings. The van der Waals surface area contributed by atoms with Crippen molar-refractivity contribution in [2.24, 2.45) is 7.05 Å². The number of benzene rings is 1. The number of carbonyl (C=O) groups is 1. The summed E-state index contributed by atoms with van der Waals surface area (Å²) in [5, 5.41) is 13.3. The van der Waals surface area contributed by atoms with Gasteiger partial charge in [0.1, 0.15) is 11.7 Å². The molecule has 1 aromatic heterocycles. The van der Waals surface area contributed by atoms with Crippen LogP contribution in [0.5, 0.6) is 0 Å². The minimum Gasteiger partial charge on any atom is -0.292 e. The van der Waals surface area contributed by atoms with E-state index in [1.807, 2.05) is 6.07 Å². The fraction of sp³-hybridized carbons (Fsp3) is 0.214. The molecule has 1 unspecified atom stereocenters. The van der Waals surface area contributed by atoms with Crippen LogP contribution in [-0.2, 0) is 7.05 Å². The molecule has 0 spiro atoms. The van der Waals surface area contributed by atoms with E-state index in [0.717, 1.165) is 0 Å². The van der Waals surface area contributed by atoms with Crippen LogP contribution in [0.2, 0.25) is 0 Å². The van der Waals surface area contributed by atoms with Gasteiger partial charge in [0.25, 0.3) is 0 Å². The molecule has 0 aliphatic rings. The summed E-state index contributed by atoms with van der Waals surface area (Å²) in [6, 6.07) is 7.46. The van der Waals surface area contributed by atoms with Crippen molar-refractivity contribution in [2.45, 2.75) is 12.8 Å². The van der Waals surface area contributed by atoms with Crippen molar-refractivity contribution in [1.82, 2.24) is 9.78 Å². The molecule has 1 heterocycles. The zero-order chi connectivity index (χ0) is 14.0. The number of aromatic nitrogens is 2. The van der Waals surface area contributed by atoms with Gasteiger partial charge in [-0.25, -0.2) is 4.39 Å². The molecule has 5 heteroatoms. The van der Waals surface area contributed by atoms with Crippen LogP contribution in [0.15, 0.2) is 30.5 Å². The Labute approximate surface area is 110 Å². The number of carbonyl (C=O) groups excluding carboxylic acids is 1. The van der Waals surface area contributed by atoms with Crippen LogP contribution in [0.3, 0.4) is 0 Å². The maximum atomic E-state index is 13.2. The Morgan fingerprint density at radius 3 is 2.79 bits per heavy atom. The van der Waals surface area contributed by atoms with Crippen LogP contribution in [0, 0.1) is 24.1 Å². The molecule has 1 aromatic carbocycles. The van der Waals surface area contributed by atoms with Gasteiger partial charge in [-0.05, 0) is 24.6 Å². The molecule has 0 aliphatic heterocycles. The second-order valence-electron chi connectivity index (χ2n) is 4.28. The summed E-state index contributed by atoms with van der Waals surface area (Å²) in [5.41, 5.74) is 1.30. The molecule has 0 saturated carbocycles. The Hall–Kier alpha value is -2.48. The second-order valence-corrected chi connectivity index (χ2v) is 4.28. The normalized spacial score (nSPS) is 11.9. The smallest absolute Gasteiger partial charge is 0.187 e. The van der Waals surface area contributed by atoms with Gasteiger partial charge in [-0.3, -0.25) is 9.48 Å². The van der Waals surface area contributed by atoms with Crippen molar-refractivity contribution in [3.8, 4) is 6.07 Å². The highest BCUT2D eigenvalue weighted by atomic mass is 19.1. The average Bonchev–Trinajstić information content (AvgIpc) is 2.69. The van der Waals surface area contributed by atoms with E-state index in [1.165, 1.54) is 22.9 Å². The quantitative estimate of drug-likeness (QED) is 0.793. The number of hydrogen-bond donors (Lipinski definition) is 0. The molecule has 96 valence electrons. The summed E-state index contributed by atoms with van der Waals surface area (Å²) in [6.45, 7) is 1.70. The van der Waals surface area contributed by atoms with Gasteiger partial charge in [0.15, 0.2) is 5.78 Å². The predicted octanol–water partition coefficient (Wildman–Crippen LogP) is 2.36. The number of aryl methyl sites for hydroxylation is 2. The van der Waals surface area contributed by atoms with Crippen molar-refractivity contribution in [2.75, 3.05) is 0 Å². The minimum absolute atomic E-state index is 0.357. The third kappa shape index (κ3) is 2.52. The van der Waals surface area contributed by atoms with Gasteiger partial charge >= 0.3 is 0 Å². The van der Waals surface area contributed by atoms with Crippen LogP contribution >= 0.6 is 0 Å². The Morgan fingerprint density at radius 1 is 1.53 bits per heavy atom. The topological polar surface area (TPSA) is 58.7 Å². The first-order valence-corrected chi connectivity index (χ1v) is 5.72. The Bertz CT molecular complexity index is 670. The minimum atomic E-state index is -1.02. The molecule has 0 amide bonds. The highest BCUT2D eigenvalue weighted by Crippen LogP contribution is 2.22. The number of ketones is 1. The van der Waals surface area contributed by atoms with Crippen molar-refractivity contribution in [3.63, 3.8) is 0 Å². The van der Waals surface area contributed by atoms with E-state index >= 15 is 0 Å². The van der Waals surface area contributed by atoms with Crippen LogP contribution in [0.25, 0.3) is 0 Å². The van der Waals surface area contributed by atoms with E-state index in [1.54, 1.807) is 26.2 Å². The monoisotopic (exact) mass is 257 g/mol. The Kier molecular flexibility index (Phi) is 3.43. The van der Waals surface area contributed by atoms with Gasteiger partial charge in [0.2, 0.25) is 0 Å². The van der Waals surface area contributed by atoms with Crippen LogP contribution in [-0.4, -0.2) is 15.6 Å². The lowest BCUT2D eigenvalue weighted by Gasteiger charge is -2.07. The highest BCUT2D eigenvalue weighted by Gasteiger charge is 2.25. The van der Waals surface area contributed by atoms with E-state index in [9.17, 15) is 14.4 Å². The highest BCUT2D eigenvalue weighted by molar-refractivity contribution is 6.03. The largest absolute Gasteiger partial charge is 0.292 e. The molecule has 0 bridgehead atoms. The van der Waals surface area contributed by atoms with Crippen molar-refractivity contribution in [3.05, 3.63) is 53.1 Å². The molecule has 0 saturated heterocycles. The number of rotatable bonds is 3. The molecular formula is C14H12FN3O. The van der Waals surface area contributed by atoms with Crippen molar-refractivity contribution >= 4 is 5.78 Å². The zero-order valence-electron chi connectivity index (χ0n) is 10.6. The molecular weight excluding hydrogens is 245 g/mol. The Morgan fingerprint density at radius 2 is 2.26 bits per heavy atom. The molecule has 1 atom stereocenters. The lowest BCUT2D eigenvalue weighted by Crippen LogP contribution is -2.12. The van der Waals surface area contributed by atoms with Crippen LogP contribution in [0.4, 0.5) is 4.39 Å². The maximum absolute atomic E-state index is 13.2. The zero-order valence-corrected chi connectivity index (χ0v) is 10.6. The fourth-order valence-corrected chi connectivity index (χ4v) is 1.97. The van der Waals surface area contributed by atoms with Crippen molar-refractivity contribution in [1.29, 1.82) is 5.26 Å². The Balaban J connectivity index is 2.41. The molecule has 0 N–H and O–H groups in total. The third-order valence-corrected chi connectivity index (χ3v) is 2.85. The molecule has 2 aromatic rings. The molecule has 19 heavy (non-hydrogen) atoms. The van der Waals surface area contributed by atoms with E-state index < -0.39 is 11.7 Å². The lowest BCUT2D eigenvalue weighted by molar-refractivity contribution is 0.0978. The summed E-state index contributed by atoms with van der Waals surface area (Å²) in [6.07, 6.45) is 1.57. The fourth-order valence-electron chi connectivity index (χ4n) is 1.97. The van der Waals surface area contributed by atoms with Crippen LogP contribution in [0.1, 0.15) is 27.5 Å². The van der Waals surface area contributed by atoms with E-state index in [-0.39, 0.29) is 5.78 Å². The first kappa shape index (κ1) is 13.0. The van der Waals surface area contributed by atoms with E-state index in [2.05, 4.69) is 5.10 Å². The SMILES string of the molecule is Cc1nn(C)cc1C(=O)C(C#N)c1cccc(F)c1. The van der Waals surface area contributed by atoms with Crippen molar-refractivity contribution < 1.29 is 9.18 Å². The summed E-state index contributed by atoms with van der Waals surface area (Å²) < 4.78 is 14.7. The van der Waals surface area contributed by atoms with Gasteiger partial charge in [-0.1, -0.05) is 12.1 Å². The summed E-state index contributed by atoms with van der Waals surface area (Å²) in [4.78, 5) is 12.3. The van der Waals surface area contributed by atoms with Gasteiger partial charge in [-0.15, -0.1) is 0 Å². The average molecular weight is 257 g/mol. The lowest BCUT2D eigenvalue weighted by atomic mass is 9.92. The molecule has 0 radical (unpaired) electrons. The number of Topliss-reactive ketones (excluding diaryl/α,β-unsaturated/α-hetero) is 1. The molecule has 2 rings (SSSR count). The predicted molar refractivity (Wildman–Crippen MR) is 67.0 cm³/mol. The first-order valence-electron chi connectivity index (χ1n) is 5.72. The number of halogens is 1. The van der Waals surface area contributed by atoms with Gasteiger partial charge in [-0.2, -0.15) is 10.4 Å². The standard InChI is InChI=1S/C14H12FN3O/c1-9-13(8-18(2)17-9)14(19)12(7-16)10-4-3-5-11(15)6-10/h3-6,8,12H,1-2H3. The van der Waals surface area contributed by atoms with Gasteiger partial charge < -0.3 is 0 Å². The first-order chi connectivity index (χ1) is 9.02. The summed E-state index contributed by atoms with van der Waals surface area (Å²) in [5.74, 6) is -1.84. The van der Waals surface area contributed by atoms with Crippen LogP contribution < -0.4 is 0 Å².